The predicted molar refractivity (Wildman–Crippen MR) is 65.5 cm³/mol. The van der Waals surface area contributed by atoms with Gasteiger partial charge in [-0.1, -0.05) is 0 Å². The van der Waals surface area contributed by atoms with Crippen LogP contribution in [0.3, 0.4) is 0 Å². The summed E-state index contributed by atoms with van der Waals surface area (Å²) in [5.74, 6) is 0.880. The lowest BCUT2D eigenvalue weighted by atomic mass is 10.3. The van der Waals surface area contributed by atoms with E-state index in [9.17, 15) is 0 Å². The van der Waals surface area contributed by atoms with Crippen molar-refractivity contribution in [3.63, 3.8) is 0 Å². The highest BCUT2D eigenvalue weighted by Crippen LogP contribution is 2.11. The third-order valence-corrected chi connectivity index (χ3v) is 2.70. The summed E-state index contributed by atoms with van der Waals surface area (Å²) in [5.41, 5.74) is 1.12. The Labute approximate surface area is 101 Å². The number of rotatable bonds is 4. The molecule has 2 aromatic heterocycles. The number of aromatic amines is 1. The van der Waals surface area contributed by atoms with Crippen molar-refractivity contribution >= 4 is 28.4 Å². The summed E-state index contributed by atoms with van der Waals surface area (Å²) >= 11 is 2.21. The Morgan fingerprint density at radius 3 is 3.00 bits per heavy atom. The molecule has 0 aliphatic rings. The van der Waals surface area contributed by atoms with Crippen LogP contribution in [0.4, 0.5) is 5.82 Å². The highest BCUT2D eigenvalue weighted by molar-refractivity contribution is 14.1. The minimum Gasteiger partial charge on any atom is -0.369 e. The number of imidazole rings is 1. The van der Waals surface area contributed by atoms with Crippen molar-refractivity contribution in [3.8, 4) is 0 Å². The summed E-state index contributed by atoms with van der Waals surface area (Å²) in [7, 11) is 0. The number of aromatic nitrogens is 4. The molecule has 2 aromatic rings. The van der Waals surface area contributed by atoms with Gasteiger partial charge in [-0.05, 0) is 22.6 Å². The third kappa shape index (κ3) is 2.88. The molecule has 0 saturated heterocycles. The smallest absolute Gasteiger partial charge is 0.142 e. The van der Waals surface area contributed by atoms with Crippen LogP contribution in [0.1, 0.15) is 5.69 Å². The molecule has 78 valence electrons. The number of nitrogens with zero attached hydrogens (tertiary/aromatic N) is 3. The van der Waals surface area contributed by atoms with E-state index in [-0.39, 0.29) is 0 Å². The molecule has 0 fully saturated rings. The molecule has 0 amide bonds. The Kier molecular flexibility index (Phi) is 3.49. The van der Waals surface area contributed by atoms with E-state index in [1.54, 1.807) is 18.9 Å². The molecule has 0 radical (unpaired) electrons. The van der Waals surface area contributed by atoms with Crippen LogP contribution in [-0.4, -0.2) is 26.5 Å². The molecular formula is C9H10IN5. The standard InChI is InChI=1S/C9H10IN5/c10-8-4-12-6-15-9(8)13-2-1-7-3-11-5-14-7/h3-6H,1-2H2,(H,11,14)(H,12,13,15). The van der Waals surface area contributed by atoms with Crippen LogP contribution in [0.15, 0.2) is 25.0 Å². The summed E-state index contributed by atoms with van der Waals surface area (Å²) < 4.78 is 1.03. The Bertz CT molecular complexity index is 414. The predicted octanol–water partition coefficient (Wildman–Crippen LogP) is 1.46. The van der Waals surface area contributed by atoms with Gasteiger partial charge in [-0.3, -0.25) is 0 Å². The van der Waals surface area contributed by atoms with Crippen LogP contribution in [-0.2, 0) is 6.42 Å². The zero-order valence-corrected chi connectivity index (χ0v) is 10.1. The average Bonchev–Trinajstić information content (AvgIpc) is 2.74. The van der Waals surface area contributed by atoms with E-state index >= 15 is 0 Å². The highest BCUT2D eigenvalue weighted by Gasteiger charge is 1.99. The van der Waals surface area contributed by atoms with Crippen LogP contribution in [0.5, 0.6) is 0 Å². The normalized spacial score (nSPS) is 10.2. The van der Waals surface area contributed by atoms with E-state index in [1.165, 1.54) is 0 Å². The lowest BCUT2D eigenvalue weighted by molar-refractivity contribution is 0.961. The van der Waals surface area contributed by atoms with Crippen molar-refractivity contribution in [1.29, 1.82) is 0 Å². The molecule has 0 bridgehead atoms. The van der Waals surface area contributed by atoms with Gasteiger partial charge in [-0.15, -0.1) is 0 Å². The molecule has 0 aliphatic carbocycles. The lowest BCUT2D eigenvalue weighted by Crippen LogP contribution is -2.07. The largest absolute Gasteiger partial charge is 0.369 e. The van der Waals surface area contributed by atoms with Gasteiger partial charge in [0.15, 0.2) is 0 Å². The maximum absolute atomic E-state index is 4.14. The number of hydrogen-bond donors (Lipinski definition) is 2. The second-order valence-corrected chi connectivity index (χ2v) is 4.14. The van der Waals surface area contributed by atoms with E-state index < -0.39 is 0 Å². The number of anilines is 1. The van der Waals surface area contributed by atoms with Crippen LogP contribution in [0, 0.1) is 3.57 Å². The van der Waals surface area contributed by atoms with Gasteiger partial charge < -0.3 is 10.3 Å². The van der Waals surface area contributed by atoms with Gasteiger partial charge in [-0.2, -0.15) is 0 Å². The fourth-order valence-corrected chi connectivity index (χ4v) is 1.67. The van der Waals surface area contributed by atoms with Crippen molar-refractivity contribution in [3.05, 3.63) is 34.3 Å². The number of nitrogens with one attached hydrogen (secondary N) is 2. The fraction of sp³-hybridized carbons (Fsp3) is 0.222. The van der Waals surface area contributed by atoms with E-state index in [4.69, 9.17) is 0 Å². The van der Waals surface area contributed by atoms with Crippen molar-refractivity contribution in [1.82, 2.24) is 19.9 Å². The first-order chi connectivity index (χ1) is 7.36. The van der Waals surface area contributed by atoms with Crippen molar-refractivity contribution in [2.24, 2.45) is 0 Å². The third-order valence-electron chi connectivity index (χ3n) is 1.91. The van der Waals surface area contributed by atoms with E-state index in [1.807, 2.05) is 6.20 Å². The first-order valence-corrected chi connectivity index (χ1v) is 5.61. The maximum Gasteiger partial charge on any atom is 0.142 e. The Balaban J connectivity index is 1.86. The van der Waals surface area contributed by atoms with Gasteiger partial charge in [0.05, 0.1) is 9.90 Å². The van der Waals surface area contributed by atoms with Crippen molar-refractivity contribution in [2.75, 3.05) is 11.9 Å². The maximum atomic E-state index is 4.14. The minimum absolute atomic E-state index is 0.829. The fourth-order valence-electron chi connectivity index (χ4n) is 1.18. The Hall–Kier alpha value is -1.18. The molecular weight excluding hydrogens is 305 g/mol. The molecule has 15 heavy (non-hydrogen) atoms. The molecule has 2 N–H and O–H groups in total. The van der Waals surface area contributed by atoms with Crippen LogP contribution < -0.4 is 5.32 Å². The Morgan fingerprint density at radius 1 is 1.33 bits per heavy atom. The van der Waals surface area contributed by atoms with Gasteiger partial charge >= 0.3 is 0 Å². The second kappa shape index (κ2) is 5.06. The van der Waals surface area contributed by atoms with E-state index in [0.29, 0.717) is 0 Å². The minimum atomic E-state index is 0.829. The van der Waals surface area contributed by atoms with Gasteiger partial charge in [0, 0.05) is 31.1 Å². The summed E-state index contributed by atoms with van der Waals surface area (Å²) in [4.78, 5) is 15.1. The first-order valence-electron chi connectivity index (χ1n) is 4.53. The van der Waals surface area contributed by atoms with Crippen LogP contribution in [0.25, 0.3) is 0 Å². The van der Waals surface area contributed by atoms with Gasteiger partial charge in [0.25, 0.3) is 0 Å². The first kappa shape index (κ1) is 10.3. The molecule has 5 nitrogen and oxygen atoms in total. The number of H-pyrrole nitrogens is 1. The molecule has 0 saturated carbocycles. The molecule has 0 unspecified atom stereocenters. The van der Waals surface area contributed by atoms with E-state index in [2.05, 4.69) is 47.8 Å². The molecule has 6 heteroatoms. The summed E-state index contributed by atoms with van der Waals surface area (Å²) in [6.07, 6.45) is 7.74. The average molecular weight is 315 g/mol. The van der Waals surface area contributed by atoms with E-state index in [0.717, 1.165) is 28.0 Å². The van der Waals surface area contributed by atoms with Crippen LogP contribution >= 0.6 is 22.6 Å². The molecule has 0 atom stereocenters. The lowest BCUT2D eigenvalue weighted by Gasteiger charge is -2.05. The molecule has 2 rings (SSSR count). The van der Waals surface area contributed by atoms with Gasteiger partial charge in [0.1, 0.15) is 12.1 Å². The number of hydrogen-bond acceptors (Lipinski definition) is 4. The summed E-state index contributed by atoms with van der Waals surface area (Å²) in [5, 5.41) is 3.24. The monoisotopic (exact) mass is 315 g/mol. The Morgan fingerprint density at radius 2 is 2.27 bits per heavy atom. The van der Waals surface area contributed by atoms with Crippen molar-refractivity contribution < 1.29 is 0 Å². The van der Waals surface area contributed by atoms with Crippen LogP contribution in [0.2, 0.25) is 0 Å². The second-order valence-electron chi connectivity index (χ2n) is 2.97. The summed E-state index contributed by atoms with van der Waals surface area (Å²) in [6.45, 7) is 0.829. The topological polar surface area (TPSA) is 66.5 Å². The highest BCUT2D eigenvalue weighted by atomic mass is 127. The molecule has 0 aliphatic heterocycles. The number of halogens is 1. The van der Waals surface area contributed by atoms with Crippen molar-refractivity contribution in [2.45, 2.75) is 6.42 Å². The van der Waals surface area contributed by atoms with Gasteiger partial charge in [-0.25, -0.2) is 15.0 Å². The van der Waals surface area contributed by atoms with Gasteiger partial charge in [0.2, 0.25) is 0 Å². The quantitative estimate of drug-likeness (QED) is 0.838. The molecule has 0 aromatic carbocycles. The zero-order valence-electron chi connectivity index (χ0n) is 7.94. The molecule has 2 heterocycles. The SMILES string of the molecule is Ic1cncnc1NCCc1cnc[nH]1. The summed E-state index contributed by atoms with van der Waals surface area (Å²) in [6, 6.07) is 0. The molecule has 0 spiro atoms. The zero-order chi connectivity index (χ0) is 10.5.